The first kappa shape index (κ1) is 12.1. The number of pyridine rings is 1. The number of amides is 1. The van der Waals surface area contributed by atoms with Crippen molar-refractivity contribution in [3.05, 3.63) is 24.5 Å². The van der Waals surface area contributed by atoms with Crippen molar-refractivity contribution in [1.29, 1.82) is 0 Å². The second-order valence-corrected chi connectivity index (χ2v) is 4.91. The molecule has 6 heteroatoms. The van der Waals surface area contributed by atoms with E-state index >= 15 is 0 Å². The van der Waals surface area contributed by atoms with Gasteiger partial charge in [0.1, 0.15) is 0 Å². The zero-order chi connectivity index (χ0) is 13.4. The molecule has 19 heavy (non-hydrogen) atoms. The molecule has 3 rings (SSSR count). The van der Waals surface area contributed by atoms with E-state index in [4.69, 9.17) is 4.74 Å². The Kier molecular flexibility index (Phi) is 2.94. The van der Waals surface area contributed by atoms with Crippen LogP contribution in [0.5, 0.6) is 0 Å². The van der Waals surface area contributed by atoms with Crippen molar-refractivity contribution in [1.82, 2.24) is 4.98 Å². The number of nitrogens with zero attached hydrogens (tertiary/aromatic N) is 1. The standard InChI is InChI=1S/C13H14N2O4/c16-12(15-7-2-1-5-14-6-7)10-8-3-4-9(19-8)11(10)13(17)18/h1-2,5-6,8-11H,3-4H2,(H,15,16)(H,17,18)/t8-,9-,10+,11+/m1/s1. The fourth-order valence-electron chi connectivity index (χ4n) is 2.99. The molecule has 2 N–H and O–H groups in total. The average Bonchev–Trinajstić information content (AvgIpc) is 2.99. The van der Waals surface area contributed by atoms with Crippen LogP contribution < -0.4 is 5.32 Å². The van der Waals surface area contributed by atoms with E-state index in [9.17, 15) is 14.7 Å². The van der Waals surface area contributed by atoms with Gasteiger partial charge in [-0.1, -0.05) is 0 Å². The van der Waals surface area contributed by atoms with Crippen molar-refractivity contribution in [3.8, 4) is 0 Å². The van der Waals surface area contributed by atoms with Crippen LogP contribution in [-0.2, 0) is 14.3 Å². The second kappa shape index (κ2) is 4.62. The van der Waals surface area contributed by atoms with Gasteiger partial charge >= 0.3 is 5.97 Å². The van der Waals surface area contributed by atoms with E-state index in [1.165, 1.54) is 6.20 Å². The largest absolute Gasteiger partial charge is 0.481 e. The summed E-state index contributed by atoms with van der Waals surface area (Å²) in [6.45, 7) is 0. The lowest BCUT2D eigenvalue weighted by Gasteiger charge is -2.23. The first-order valence-electron chi connectivity index (χ1n) is 6.26. The van der Waals surface area contributed by atoms with Crippen molar-refractivity contribution < 1.29 is 19.4 Å². The summed E-state index contributed by atoms with van der Waals surface area (Å²) in [5.74, 6) is -2.61. The van der Waals surface area contributed by atoms with Crippen molar-refractivity contribution >= 4 is 17.6 Å². The molecule has 0 aliphatic carbocycles. The molecule has 0 saturated carbocycles. The Bertz CT molecular complexity index is 505. The molecule has 0 aromatic carbocycles. The molecule has 2 fully saturated rings. The van der Waals surface area contributed by atoms with Crippen molar-refractivity contribution in [2.45, 2.75) is 25.0 Å². The van der Waals surface area contributed by atoms with Gasteiger partial charge in [0, 0.05) is 6.20 Å². The maximum atomic E-state index is 12.2. The number of carboxylic acids is 1. The highest BCUT2D eigenvalue weighted by Gasteiger charge is 2.55. The maximum Gasteiger partial charge on any atom is 0.310 e. The highest BCUT2D eigenvalue weighted by atomic mass is 16.5. The number of rotatable bonds is 3. The fourth-order valence-corrected chi connectivity index (χ4v) is 2.99. The van der Waals surface area contributed by atoms with Crippen molar-refractivity contribution in [2.75, 3.05) is 5.32 Å². The summed E-state index contributed by atoms with van der Waals surface area (Å²) < 4.78 is 5.56. The highest BCUT2D eigenvalue weighted by Crippen LogP contribution is 2.44. The van der Waals surface area contributed by atoms with Crippen LogP contribution in [0.4, 0.5) is 5.69 Å². The number of aromatic nitrogens is 1. The molecule has 4 atom stereocenters. The third kappa shape index (κ3) is 2.08. The van der Waals surface area contributed by atoms with Gasteiger partial charge < -0.3 is 15.2 Å². The molecule has 1 aromatic heterocycles. The van der Waals surface area contributed by atoms with Gasteiger partial charge in [0.05, 0.1) is 35.9 Å². The zero-order valence-corrected chi connectivity index (χ0v) is 10.2. The number of aliphatic carboxylic acids is 1. The molecular formula is C13H14N2O4. The summed E-state index contributed by atoms with van der Waals surface area (Å²) in [6, 6.07) is 3.43. The van der Waals surface area contributed by atoms with Crippen LogP contribution in [0, 0.1) is 11.8 Å². The Morgan fingerprint density at radius 1 is 1.32 bits per heavy atom. The molecule has 1 amide bonds. The zero-order valence-electron chi connectivity index (χ0n) is 10.2. The minimum Gasteiger partial charge on any atom is -0.481 e. The Morgan fingerprint density at radius 2 is 2.05 bits per heavy atom. The first-order chi connectivity index (χ1) is 9.16. The predicted octanol–water partition coefficient (Wildman–Crippen LogP) is 0.898. The number of hydrogen-bond donors (Lipinski definition) is 2. The number of nitrogens with one attached hydrogen (secondary N) is 1. The third-order valence-electron chi connectivity index (χ3n) is 3.79. The van der Waals surface area contributed by atoms with Crippen LogP contribution in [0.2, 0.25) is 0 Å². The molecule has 3 heterocycles. The lowest BCUT2D eigenvalue weighted by atomic mass is 9.78. The number of anilines is 1. The Balaban J connectivity index is 1.77. The normalized spacial score (nSPS) is 32.2. The van der Waals surface area contributed by atoms with E-state index < -0.39 is 17.8 Å². The van der Waals surface area contributed by atoms with Crippen LogP contribution in [0.3, 0.4) is 0 Å². The van der Waals surface area contributed by atoms with Gasteiger partial charge in [-0.15, -0.1) is 0 Å². The van der Waals surface area contributed by atoms with E-state index in [2.05, 4.69) is 10.3 Å². The van der Waals surface area contributed by atoms with Crippen molar-refractivity contribution in [3.63, 3.8) is 0 Å². The topological polar surface area (TPSA) is 88.5 Å². The molecule has 6 nitrogen and oxygen atoms in total. The van der Waals surface area contributed by atoms with Crippen LogP contribution >= 0.6 is 0 Å². The van der Waals surface area contributed by atoms with Crippen LogP contribution in [-0.4, -0.2) is 34.2 Å². The number of carbonyl (C=O) groups excluding carboxylic acids is 1. The van der Waals surface area contributed by atoms with E-state index in [1.54, 1.807) is 18.3 Å². The highest BCUT2D eigenvalue weighted by molar-refractivity contribution is 5.96. The molecule has 2 aliphatic heterocycles. The lowest BCUT2D eigenvalue weighted by Crippen LogP contribution is -2.40. The first-order valence-corrected chi connectivity index (χ1v) is 6.26. The lowest BCUT2D eigenvalue weighted by molar-refractivity contribution is -0.147. The number of hydrogen-bond acceptors (Lipinski definition) is 4. The number of ether oxygens (including phenoxy) is 1. The molecule has 100 valence electrons. The molecule has 0 unspecified atom stereocenters. The minimum atomic E-state index is -0.960. The summed E-state index contributed by atoms with van der Waals surface area (Å²) in [4.78, 5) is 27.4. The van der Waals surface area contributed by atoms with E-state index in [1.807, 2.05) is 0 Å². The van der Waals surface area contributed by atoms with E-state index in [-0.39, 0.29) is 18.1 Å². The predicted molar refractivity (Wildman–Crippen MR) is 65.4 cm³/mol. The smallest absolute Gasteiger partial charge is 0.310 e. The summed E-state index contributed by atoms with van der Waals surface area (Å²) >= 11 is 0. The Hall–Kier alpha value is -1.95. The second-order valence-electron chi connectivity index (χ2n) is 4.91. The molecule has 0 radical (unpaired) electrons. The number of fused-ring (bicyclic) bond motifs is 2. The average molecular weight is 262 g/mol. The molecule has 0 spiro atoms. The van der Waals surface area contributed by atoms with E-state index in [0.29, 0.717) is 5.69 Å². The number of carbonyl (C=O) groups is 2. The quantitative estimate of drug-likeness (QED) is 0.844. The summed E-state index contributed by atoms with van der Waals surface area (Å²) in [6.07, 6.45) is 4.01. The molecule has 2 bridgehead atoms. The van der Waals surface area contributed by atoms with Crippen LogP contribution in [0.1, 0.15) is 12.8 Å². The maximum absolute atomic E-state index is 12.2. The van der Waals surface area contributed by atoms with Gasteiger partial charge in [-0.2, -0.15) is 0 Å². The molecule has 1 aromatic rings. The molecule has 2 aliphatic rings. The summed E-state index contributed by atoms with van der Waals surface area (Å²) in [5, 5.41) is 12.0. The van der Waals surface area contributed by atoms with Crippen LogP contribution in [0.15, 0.2) is 24.5 Å². The third-order valence-corrected chi connectivity index (χ3v) is 3.79. The van der Waals surface area contributed by atoms with E-state index in [0.717, 1.165) is 12.8 Å². The van der Waals surface area contributed by atoms with Gasteiger partial charge in [0.25, 0.3) is 0 Å². The van der Waals surface area contributed by atoms with Gasteiger partial charge in [0.2, 0.25) is 5.91 Å². The summed E-state index contributed by atoms with van der Waals surface area (Å²) in [5.41, 5.74) is 0.569. The molecular weight excluding hydrogens is 248 g/mol. The van der Waals surface area contributed by atoms with Crippen LogP contribution in [0.25, 0.3) is 0 Å². The monoisotopic (exact) mass is 262 g/mol. The Labute approximate surface area is 109 Å². The SMILES string of the molecule is O=C(O)[C@@H]1[C@@H](C(=O)Nc2cccnc2)[C@H]2CC[C@H]1O2. The van der Waals surface area contributed by atoms with Crippen molar-refractivity contribution in [2.24, 2.45) is 11.8 Å². The summed E-state index contributed by atoms with van der Waals surface area (Å²) in [7, 11) is 0. The van der Waals surface area contributed by atoms with Gasteiger partial charge in [-0.3, -0.25) is 14.6 Å². The van der Waals surface area contributed by atoms with Gasteiger partial charge in [0.15, 0.2) is 0 Å². The minimum absolute atomic E-state index is 0.275. The number of carboxylic acid groups (broad SMARTS) is 1. The fraction of sp³-hybridized carbons (Fsp3) is 0.462. The Morgan fingerprint density at radius 3 is 2.68 bits per heavy atom. The molecule has 2 saturated heterocycles. The van der Waals surface area contributed by atoms with Gasteiger partial charge in [-0.25, -0.2) is 0 Å². The van der Waals surface area contributed by atoms with Gasteiger partial charge in [-0.05, 0) is 25.0 Å².